The van der Waals surface area contributed by atoms with E-state index in [-0.39, 0.29) is 13.0 Å². The highest BCUT2D eigenvalue weighted by atomic mass is 16.7. The van der Waals surface area contributed by atoms with E-state index in [4.69, 9.17) is 23.7 Å². The van der Waals surface area contributed by atoms with Crippen molar-refractivity contribution in [2.45, 2.75) is 37.9 Å². The number of benzene rings is 2. The van der Waals surface area contributed by atoms with Gasteiger partial charge in [-0.25, -0.2) is 0 Å². The first-order chi connectivity index (χ1) is 15.1. The third-order valence-corrected chi connectivity index (χ3v) is 5.50. The van der Waals surface area contributed by atoms with Crippen molar-refractivity contribution in [2.24, 2.45) is 0 Å². The van der Waals surface area contributed by atoms with Crippen LogP contribution in [-0.4, -0.2) is 37.5 Å². The first kappa shape index (κ1) is 19.5. The molecule has 1 aliphatic carbocycles. The summed E-state index contributed by atoms with van der Waals surface area (Å²) in [5.74, 6) is 1.10. The van der Waals surface area contributed by atoms with Gasteiger partial charge in [-0.15, -0.1) is 0 Å². The number of rotatable bonds is 5. The Hall–Kier alpha value is -3.42. The third kappa shape index (κ3) is 4.23. The normalized spacial score (nSPS) is 17.4. The summed E-state index contributed by atoms with van der Waals surface area (Å²) in [5.41, 5.74) is 1.29. The molecule has 8 nitrogen and oxygen atoms in total. The number of esters is 1. The molecule has 0 saturated heterocycles. The molecule has 1 saturated carbocycles. The number of amides is 1. The van der Waals surface area contributed by atoms with Crippen LogP contribution in [0.25, 0.3) is 0 Å². The van der Waals surface area contributed by atoms with E-state index in [1.807, 2.05) is 0 Å². The lowest BCUT2D eigenvalue weighted by Gasteiger charge is -2.21. The Labute approximate surface area is 179 Å². The lowest BCUT2D eigenvalue weighted by Crippen LogP contribution is -2.34. The number of anilines is 1. The standard InChI is InChI=1S/C23H23NO7/c25-21(14-29-22(26)12-15-3-5-17-19(11-15)28-10-9-27-17)24-16-4-6-18-20(13-16)31-23(30-18)7-1-2-8-23/h3-6,11,13H,1-2,7-10,12,14H2,(H,24,25). The van der Waals surface area contributed by atoms with Crippen molar-refractivity contribution in [2.75, 3.05) is 25.1 Å². The van der Waals surface area contributed by atoms with Gasteiger partial charge in [0, 0.05) is 24.6 Å². The maximum atomic E-state index is 12.2. The van der Waals surface area contributed by atoms with E-state index in [9.17, 15) is 9.59 Å². The van der Waals surface area contributed by atoms with Crippen molar-refractivity contribution < 1.29 is 33.3 Å². The zero-order valence-corrected chi connectivity index (χ0v) is 17.0. The highest BCUT2D eigenvalue weighted by molar-refractivity contribution is 5.93. The summed E-state index contributed by atoms with van der Waals surface area (Å²) in [4.78, 5) is 24.3. The number of carbonyl (C=O) groups is 2. The monoisotopic (exact) mass is 425 g/mol. The van der Waals surface area contributed by atoms with Gasteiger partial charge >= 0.3 is 5.97 Å². The molecule has 2 aromatic rings. The zero-order valence-electron chi connectivity index (χ0n) is 17.0. The Kier molecular flexibility index (Phi) is 5.05. The van der Waals surface area contributed by atoms with Crippen molar-refractivity contribution in [3.05, 3.63) is 42.0 Å². The van der Waals surface area contributed by atoms with Gasteiger partial charge in [0.05, 0.1) is 6.42 Å². The van der Waals surface area contributed by atoms with E-state index in [1.54, 1.807) is 36.4 Å². The van der Waals surface area contributed by atoms with E-state index in [0.717, 1.165) is 31.2 Å². The van der Waals surface area contributed by atoms with E-state index in [2.05, 4.69) is 5.32 Å². The van der Waals surface area contributed by atoms with E-state index in [0.29, 0.717) is 41.9 Å². The molecule has 2 aliphatic heterocycles. The summed E-state index contributed by atoms with van der Waals surface area (Å²) >= 11 is 0. The first-order valence-corrected chi connectivity index (χ1v) is 10.4. The van der Waals surface area contributed by atoms with Gasteiger partial charge in [0.1, 0.15) is 13.2 Å². The van der Waals surface area contributed by atoms with E-state index in [1.165, 1.54) is 0 Å². The Morgan fingerprint density at radius 3 is 2.48 bits per heavy atom. The molecule has 162 valence electrons. The van der Waals surface area contributed by atoms with Crippen LogP contribution in [0.3, 0.4) is 0 Å². The summed E-state index contributed by atoms with van der Waals surface area (Å²) < 4.78 is 28.1. The minimum absolute atomic E-state index is 0.0377. The smallest absolute Gasteiger partial charge is 0.310 e. The molecule has 0 aromatic heterocycles. The molecule has 0 radical (unpaired) electrons. The Balaban J connectivity index is 1.12. The van der Waals surface area contributed by atoms with Gasteiger partial charge in [-0.2, -0.15) is 0 Å². The average molecular weight is 425 g/mol. The van der Waals surface area contributed by atoms with Gasteiger partial charge in [0.2, 0.25) is 0 Å². The quantitative estimate of drug-likeness (QED) is 0.736. The number of carbonyl (C=O) groups excluding carboxylic acids is 2. The highest BCUT2D eigenvalue weighted by Gasteiger charge is 2.44. The summed E-state index contributed by atoms with van der Waals surface area (Å²) in [5, 5.41) is 2.72. The number of hydrogen-bond acceptors (Lipinski definition) is 7. The third-order valence-electron chi connectivity index (χ3n) is 5.50. The van der Waals surface area contributed by atoms with Crippen LogP contribution in [0.5, 0.6) is 23.0 Å². The topological polar surface area (TPSA) is 92.3 Å². The molecule has 0 bridgehead atoms. The summed E-state index contributed by atoms with van der Waals surface area (Å²) in [7, 11) is 0. The molecule has 0 unspecified atom stereocenters. The molecular formula is C23H23NO7. The fourth-order valence-electron chi connectivity index (χ4n) is 4.05. The van der Waals surface area contributed by atoms with Crippen LogP contribution >= 0.6 is 0 Å². The van der Waals surface area contributed by atoms with Crippen LogP contribution < -0.4 is 24.3 Å². The number of fused-ring (bicyclic) bond motifs is 2. The van der Waals surface area contributed by atoms with Crippen molar-refractivity contribution in [3.63, 3.8) is 0 Å². The van der Waals surface area contributed by atoms with Crippen molar-refractivity contribution in [1.29, 1.82) is 0 Å². The molecule has 1 N–H and O–H groups in total. The van der Waals surface area contributed by atoms with E-state index < -0.39 is 17.7 Å². The van der Waals surface area contributed by atoms with Crippen LogP contribution in [0.4, 0.5) is 5.69 Å². The van der Waals surface area contributed by atoms with Gasteiger partial charge in [0.25, 0.3) is 11.7 Å². The number of hydrogen-bond donors (Lipinski definition) is 1. The van der Waals surface area contributed by atoms with Crippen molar-refractivity contribution >= 4 is 17.6 Å². The number of ether oxygens (including phenoxy) is 5. The van der Waals surface area contributed by atoms with Crippen LogP contribution in [-0.2, 0) is 20.7 Å². The van der Waals surface area contributed by atoms with Gasteiger partial charge in [-0.1, -0.05) is 6.07 Å². The Morgan fingerprint density at radius 2 is 1.65 bits per heavy atom. The lowest BCUT2D eigenvalue weighted by molar-refractivity contribution is -0.146. The second-order valence-electron chi connectivity index (χ2n) is 7.85. The minimum atomic E-state index is -0.547. The average Bonchev–Trinajstić information content (AvgIpc) is 3.37. The van der Waals surface area contributed by atoms with Crippen molar-refractivity contribution in [3.8, 4) is 23.0 Å². The van der Waals surface area contributed by atoms with Crippen LogP contribution in [0, 0.1) is 0 Å². The molecule has 1 fully saturated rings. The van der Waals surface area contributed by atoms with Crippen LogP contribution in [0.15, 0.2) is 36.4 Å². The van der Waals surface area contributed by atoms with Crippen molar-refractivity contribution in [1.82, 2.24) is 0 Å². The number of nitrogens with one attached hydrogen (secondary N) is 1. The van der Waals surface area contributed by atoms with Gasteiger partial charge in [-0.3, -0.25) is 9.59 Å². The maximum absolute atomic E-state index is 12.2. The molecule has 2 heterocycles. The fraction of sp³-hybridized carbons (Fsp3) is 0.391. The maximum Gasteiger partial charge on any atom is 0.310 e. The summed E-state index contributed by atoms with van der Waals surface area (Å²) in [6.07, 6.45) is 3.92. The van der Waals surface area contributed by atoms with Gasteiger partial charge in [-0.05, 0) is 42.7 Å². The molecule has 1 spiro atoms. The summed E-state index contributed by atoms with van der Waals surface area (Å²) in [6.45, 7) is 0.609. The first-order valence-electron chi connectivity index (χ1n) is 10.4. The molecule has 0 atom stereocenters. The molecule has 2 aromatic carbocycles. The largest absolute Gasteiger partial charge is 0.486 e. The Bertz CT molecular complexity index is 1010. The molecular weight excluding hydrogens is 402 g/mol. The van der Waals surface area contributed by atoms with Gasteiger partial charge in [0.15, 0.2) is 29.6 Å². The van der Waals surface area contributed by atoms with Crippen LogP contribution in [0.1, 0.15) is 31.2 Å². The molecule has 1 amide bonds. The molecule has 31 heavy (non-hydrogen) atoms. The zero-order chi connectivity index (χ0) is 21.3. The SMILES string of the molecule is O=C(COC(=O)Cc1ccc2c(c1)OCCO2)Nc1ccc2c(c1)OC1(CCCC1)O2. The minimum Gasteiger partial charge on any atom is -0.486 e. The predicted molar refractivity (Wildman–Crippen MR) is 110 cm³/mol. The fourth-order valence-corrected chi connectivity index (χ4v) is 4.05. The lowest BCUT2D eigenvalue weighted by atomic mass is 10.1. The van der Waals surface area contributed by atoms with Gasteiger partial charge < -0.3 is 29.0 Å². The predicted octanol–water partition coefficient (Wildman–Crippen LogP) is 3.22. The summed E-state index contributed by atoms with van der Waals surface area (Å²) in [6, 6.07) is 10.5. The molecule has 5 rings (SSSR count). The second-order valence-corrected chi connectivity index (χ2v) is 7.85. The molecule has 8 heteroatoms. The molecule has 3 aliphatic rings. The highest BCUT2D eigenvalue weighted by Crippen LogP contribution is 2.47. The van der Waals surface area contributed by atoms with Crippen LogP contribution in [0.2, 0.25) is 0 Å². The Morgan fingerprint density at radius 1 is 0.903 bits per heavy atom. The second kappa shape index (κ2) is 8.02. The van der Waals surface area contributed by atoms with E-state index >= 15 is 0 Å².